The van der Waals surface area contributed by atoms with Crippen LogP contribution in [0.15, 0.2) is 42.5 Å². The van der Waals surface area contributed by atoms with Gasteiger partial charge in [-0.15, -0.1) is 0 Å². The minimum atomic E-state index is -0.441. The molecule has 3 aromatic rings. The van der Waals surface area contributed by atoms with E-state index >= 15 is 0 Å². The second kappa shape index (κ2) is 8.23. The zero-order valence-electron chi connectivity index (χ0n) is 16.9. The van der Waals surface area contributed by atoms with Gasteiger partial charge in [-0.3, -0.25) is 14.9 Å². The number of aromatic nitrogens is 1. The first-order valence-corrected chi connectivity index (χ1v) is 10.6. The van der Waals surface area contributed by atoms with Crippen LogP contribution in [0.2, 0.25) is 0 Å². The molecule has 2 heterocycles. The summed E-state index contributed by atoms with van der Waals surface area (Å²) in [6.07, 6.45) is 3.11. The second-order valence-corrected chi connectivity index (χ2v) is 8.36. The molecule has 0 N–H and O–H groups in total. The van der Waals surface area contributed by atoms with Crippen molar-refractivity contribution >= 4 is 44.4 Å². The highest BCUT2D eigenvalue weighted by Crippen LogP contribution is 2.32. The maximum absolute atomic E-state index is 12.5. The molecule has 0 bridgehead atoms. The van der Waals surface area contributed by atoms with Crippen LogP contribution in [0.4, 0.5) is 10.8 Å². The molecular formula is C22H22N4O3S. The van der Waals surface area contributed by atoms with Crippen molar-refractivity contribution in [2.75, 3.05) is 31.1 Å². The number of aryl methyl sites for hydroxylation is 2. The molecule has 0 aliphatic carbocycles. The first-order valence-electron chi connectivity index (χ1n) is 9.75. The lowest BCUT2D eigenvalue weighted by molar-refractivity contribution is -0.384. The highest BCUT2D eigenvalue weighted by molar-refractivity contribution is 7.22. The molecular weight excluding hydrogens is 400 g/mol. The number of anilines is 1. The monoisotopic (exact) mass is 422 g/mol. The van der Waals surface area contributed by atoms with E-state index < -0.39 is 4.92 Å². The number of thiazole rings is 1. The van der Waals surface area contributed by atoms with Gasteiger partial charge in [0.25, 0.3) is 5.69 Å². The van der Waals surface area contributed by atoms with Gasteiger partial charge in [-0.1, -0.05) is 29.5 Å². The van der Waals surface area contributed by atoms with E-state index in [1.165, 1.54) is 34.0 Å². The third kappa shape index (κ3) is 4.04. The smallest absolute Gasteiger partial charge is 0.270 e. The molecule has 4 rings (SSSR count). The second-order valence-electron chi connectivity index (χ2n) is 7.35. The van der Waals surface area contributed by atoms with Crippen molar-refractivity contribution in [3.8, 4) is 0 Å². The van der Waals surface area contributed by atoms with Gasteiger partial charge in [-0.25, -0.2) is 4.98 Å². The van der Waals surface area contributed by atoms with E-state index in [1.807, 2.05) is 0 Å². The summed E-state index contributed by atoms with van der Waals surface area (Å²) in [6.45, 7) is 6.89. The quantitative estimate of drug-likeness (QED) is 0.358. The van der Waals surface area contributed by atoms with E-state index in [9.17, 15) is 14.9 Å². The van der Waals surface area contributed by atoms with Crippen molar-refractivity contribution in [2.45, 2.75) is 13.8 Å². The zero-order valence-corrected chi connectivity index (χ0v) is 17.7. The SMILES string of the molecule is Cc1ccc2sc(N3CCN(C(=O)/C=C/c4cccc([N+](=O)[O-])c4)CC3)nc2c1C. The molecule has 0 saturated carbocycles. The molecule has 1 amide bonds. The van der Waals surface area contributed by atoms with Crippen LogP contribution in [-0.4, -0.2) is 46.9 Å². The number of amides is 1. The zero-order chi connectivity index (χ0) is 21.3. The fourth-order valence-corrected chi connectivity index (χ4v) is 4.56. The van der Waals surface area contributed by atoms with Crippen LogP contribution in [0.25, 0.3) is 16.3 Å². The first-order chi connectivity index (χ1) is 14.4. The van der Waals surface area contributed by atoms with Gasteiger partial charge >= 0.3 is 0 Å². The molecule has 0 unspecified atom stereocenters. The molecule has 7 nitrogen and oxygen atoms in total. The molecule has 0 spiro atoms. The summed E-state index contributed by atoms with van der Waals surface area (Å²) in [7, 11) is 0. The third-order valence-corrected chi connectivity index (χ3v) is 6.52. The van der Waals surface area contributed by atoms with E-state index in [4.69, 9.17) is 4.98 Å². The van der Waals surface area contributed by atoms with Crippen LogP contribution in [0, 0.1) is 24.0 Å². The number of rotatable bonds is 4. The summed E-state index contributed by atoms with van der Waals surface area (Å²) >= 11 is 1.69. The first kappa shape index (κ1) is 20.0. The lowest BCUT2D eigenvalue weighted by Crippen LogP contribution is -2.48. The summed E-state index contributed by atoms with van der Waals surface area (Å²) in [5, 5.41) is 11.9. The normalized spacial score (nSPS) is 14.6. The number of benzene rings is 2. The Morgan fingerprint density at radius 3 is 2.67 bits per heavy atom. The number of hydrogen-bond donors (Lipinski definition) is 0. The van der Waals surface area contributed by atoms with Crippen LogP contribution in [0.3, 0.4) is 0 Å². The number of piperazine rings is 1. The number of nitro benzene ring substituents is 1. The Bertz CT molecular complexity index is 1150. The number of carbonyl (C=O) groups excluding carboxylic acids is 1. The van der Waals surface area contributed by atoms with E-state index in [0.717, 1.165) is 23.7 Å². The van der Waals surface area contributed by atoms with Crippen LogP contribution < -0.4 is 4.90 Å². The molecule has 154 valence electrons. The van der Waals surface area contributed by atoms with Crippen LogP contribution in [0.1, 0.15) is 16.7 Å². The van der Waals surface area contributed by atoms with Crippen molar-refractivity contribution in [1.29, 1.82) is 0 Å². The maximum Gasteiger partial charge on any atom is 0.270 e. The Morgan fingerprint density at radius 2 is 1.93 bits per heavy atom. The Labute approximate surface area is 178 Å². The van der Waals surface area contributed by atoms with Crippen molar-refractivity contribution < 1.29 is 9.72 Å². The van der Waals surface area contributed by atoms with Crippen LogP contribution in [-0.2, 0) is 4.79 Å². The predicted octanol–water partition coefficient (Wildman–Crippen LogP) is 4.18. The van der Waals surface area contributed by atoms with Crippen molar-refractivity contribution in [3.05, 3.63) is 69.3 Å². The summed E-state index contributed by atoms with van der Waals surface area (Å²) in [5.41, 5.74) is 4.17. The molecule has 1 saturated heterocycles. The van der Waals surface area contributed by atoms with Crippen molar-refractivity contribution in [2.24, 2.45) is 0 Å². The number of carbonyl (C=O) groups is 1. The molecule has 1 aromatic heterocycles. The fourth-order valence-electron chi connectivity index (χ4n) is 3.48. The van der Waals surface area contributed by atoms with Gasteiger partial charge in [0.2, 0.25) is 5.91 Å². The Balaban J connectivity index is 1.39. The highest BCUT2D eigenvalue weighted by atomic mass is 32.1. The topological polar surface area (TPSA) is 79.6 Å². The van der Waals surface area contributed by atoms with Crippen molar-refractivity contribution in [1.82, 2.24) is 9.88 Å². The number of nitro groups is 1. The van der Waals surface area contributed by atoms with Crippen molar-refractivity contribution in [3.63, 3.8) is 0 Å². The van der Waals surface area contributed by atoms with Crippen LogP contribution in [0.5, 0.6) is 0 Å². The van der Waals surface area contributed by atoms with Crippen LogP contribution >= 0.6 is 11.3 Å². The largest absolute Gasteiger partial charge is 0.345 e. The summed E-state index contributed by atoms with van der Waals surface area (Å²) < 4.78 is 1.19. The number of nitrogens with zero attached hydrogens (tertiary/aromatic N) is 4. The average molecular weight is 423 g/mol. The molecule has 8 heteroatoms. The van der Waals surface area contributed by atoms with Gasteiger partial charge in [0.1, 0.15) is 0 Å². The molecule has 30 heavy (non-hydrogen) atoms. The van der Waals surface area contributed by atoms with Gasteiger partial charge in [-0.05, 0) is 42.7 Å². The van der Waals surface area contributed by atoms with Gasteiger partial charge < -0.3 is 9.80 Å². The summed E-state index contributed by atoms with van der Waals surface area (Å²) in [6, 6.07) is 10.5. The lowest BCUT2D eigenvalue weighted by Gasteiger charge is -2.34. The molecule has 1 aliphatic rings. The Hall–Kier alpha value is -3.26. The Morgan fingerprint density at radius 1 is 1.17 bits per heavy atom. The number of hydrogen-bond acceptors (Lipinski definition) is 6. The van der Waals surface area contributed by atoms with Gasteiger partial charge in [0, 0.05) is 44.4 Å². The van der Waals surface area contributed by atoms with Gasteiger partial charge in [0.05, 0.1) is 15.1 Å². The predicted molar refractivity (Wildman–Crippen MR) is 120 cm³/mol. The maximum atomic E-state index is 12.5. The highest BCUT2D eigenvalue weighted by Gasteiger charge is 2.22. The average Bonchev–Trinajstić information content (AvgIpc) is 3.20. The number of non-ortho nitro benzene ring substituents is 1. The van der Waals surface area contributed by atoms with E-state index in [-0.39, 0.29) is 11.6 Å². The van der Waals surface area contributed by atoms with E-state index in [1.54, 1.807) is 34.4 Å². The Kier molecular flexibility index (Phi) is 5.50. The summed E-state index contributed by atoms with van der Waals surface area (Å²) in [5.74, 6) is -0.0862. The molecule has 0 atom stereocenters. The molecule has 2 aromatic carbocycles. The molecule has 0 radical (unpaired) electrons. The van der Waals surface area contributed by atoms with E-state index in [2.05, 4.69) is 30.9 Å². The minimum Gasteiger partial charge on any atom is -0.345 e. The molecule has 1 aliphatic heterocycles. The van der Waals surface area contributed by atoms with E-state index in [0.29, 0.717) is 18.7 Å². The van der Waals surface area contributed by atoms with Gasteiger partial charge in [0.15, 0.2) is 5.13 Å². The fraction of sp³-hybridized carbons (Fsp3) is 0.273. The van der Waals surface area contributed by atoms with Gasteiger partial charge in [-0.2, -0.15) is 0 Å². The third-order valence-electron chi connectivity index (χ3n) is 5.43. The lowest BCUT2D eigenvalue weighted by atomic mass is 10.1. The number of fused-ring (bicyclic) bond motifs is 1. The molecule has 1 fully saturated rings. The summed E-state index contributed by atoms with van der Waals surface area (Å²) in [4.78, 5) is 31.8. The standard InChI is InChI=1S/C22H22N4O3S/c1-15-6-8-19-21(16(15)2)23-22(30-19)25-12-10-24(11-13-25)20(27)9-7-17-4-3-5-18(14-17)26(28)29/h3-9,14H,10-13H2,1-2H3/b9-7+. The minimum absolute atomic E-state index is 0.0134.